The Hall–Kier alpha value is -2.40. The van der Waals surface area contributed by atoms with E-state index in [9.17, 15) is 4.79 Å². The van der Waals surface area contributed by atoms with Crippen molar-refractivity contribution in [3.63, 3.8) is 0 Å². The first-order chi connectivity index (χ1) is 11.2. The predicted octanol–water partition coefficient (Wildman–Crippen LogP) is 4.40. The monoisotopic (exact) mass is 326 g/mol. The van der Waals surface area contributed by atoms with Crippen molar-refractivity contribution >= 4 is 32.6 Å². The van der Waals surface area contributed by atoms with E-state index in [0.717, 1.165) is 10.2 Å². The van der Waals surface area contributed by atoms with Gasteiger partial charge in [-0.2, -0.15) is 0 Å². The summed E-state index contributed by atoms with van der Waals surface area (Å²) in [6, 6.07) is 15.4. The molecule has 0 spiro atoms. The van der Waals surface area contributed by atoms with Gasteiger partial charge in [-0.25, -0.2) is 4.98 Å². The van der Waals surface area contributed by atoms with E-state index in [1.807, 2.05) is 56.3 Å². The molecule has 0 fully saturated rings. The van der Waals surface area contributed by atoms with Gasteiger partial charge in [-0.05, 0) is 43.2 Å². The standard InChI is InChI=1S/C18H18N2O2S/c1-3-15(22-13-7-5-4-6-8-13)17(21)20-18-19-14-10-9-12(2)11-16(14)23-18/h4-11,15H,3H2,1-2H3,(H,19,20,21)/t15-/m1/s1. The number of carbonyl (C=O) groups is 1. The lowest BCUT2D eigenvalue weighted by Gasteiger charge is -2.16. The van der Waals surface area contributed by atoms with Gasteiger partial charge >= 0.3 is 0 Å². The van der Waals surface area contributed by atoms with Crippen LogP contribution in [0.3, 0.4) is 0 Å². The Labute approximate surface area is 139 Å². The number of aryl methyl sites for hydroxylation is 1. The van der Waals surface area contributed by atoms with Crippen molar-refractivity contribution in [2.24, 2.45) is 0 Å². The van der Waals surface area contributed by atoms with Crippen LogP contribution in [0.2, 0.25) is 0 Å². The van der Waals surface area contributed by atoms with Gasteiger partial charge in [0.05, 0.1) is 10.2 Å². The fourth-order valence-corrected chi connectivity index (χ4v) is 3.22. The first kappa shape index (κ1) is 15.5. The zero-order valence-corrected chi connectivity index (χ0v) is 13.9. The number of thiazole rings is 1. The molecular weight excluding hydrogens is 308 g/mol. The summed E-state index contributed by atoms with van der Waals surface area (Å²) in [4.78, 5) is 16.9. The Morgan fingerprint density at radius 3 is 2.78 bits per heavy atom. The number of hydrogen-bond donors (Lipinski definition) is 1. The molecule has 0 aliphatic carbocycles. The van der Waals surface area contributed by atoms with E-state index in [1.165, 1.54) is 16.9 Å². The Morgan fingerprint density at radius 2 is 2.04 bits per heavy atom. The van der Waals surface area contributed by atoms with Crippen LogP contribution in [0.5, 0.6) is 5.75 Å². The van der Waals surface area contributed by atoms with Crippen LogP contribution < -0.4 is 10.1 Å². The first-order valence-electron chi connectivity index (χ1n) is 7.55. The number of anilines is 1. The molecule has 1 N–H and O–H groups in total. The van der Waals surface area contributed by atoms with Crippen LogP contribution in [0.25, 0.3) is 10.2 Å². The molecule has 3 rings (SSSR count). The average molecular weight is 326 g/mol. The molecule has 0 saturated heterocycles. The lowest BCUT2D eigenvalue weighted by atomic mass is 10.2. The highest BCUT2D eigenvalue weighted by molar-refractivity contribution is 7.22. The van der Waals surface area contributed by atoms with Crippen LogP contribution in [0.1, 0.15) is 18.9 Å². The minimum Gasteiger partial charge on any atom is -0.481 e. The van der Waals surface area contributed by atoms with Crippen molar-refractivity contribution in [3.8, 4) is 5.75 Å². The zero-order chi connectivity index (χ0) is 16.2. The van der Waals surface area contributed by atoms with Crippen molar-refractivity contribution in [1.29, 1.82) is 0 Å². The van der Waals surface area contributed by atoms with Gasteiger partial charge in [0.2, 0.25) is 0 Å². The van der Waals surface area contributed by atoms with Gasteiger partial charge in [-0.15, -0.1) is 0 Å². The van der Waals surface area contributed by atoms with Crippen LogP contribution in [-0.4, -0.2) is 17.0 Å². The highest BCUT2D eigenvalue weighted by atomic mass is 32.1. The van der Waals surface area contributed by atoms with Gasteiger partial charge in [0.1, 0.15) is 5.75 Å². The molecule has 0 aliphatic heterocycles. The number of fused-ring (bicyclic) bond motifs is 1. The summed E-state index contributed by atoms with van der Waals surface area (Å²) in [5.74, 6) is 0.515. The van der Waals surface area contributed by atoms with E-state index in [1.54, 1.807) is 0 Å². The number of nitrogens with zero attached hydrogens (tertiary/aromatic N) is 1. The van der Waals surface area contributed by atoms with E-state index >= 15 is 0 Å². The molecule has 1 amide bonds. The molecule has 1 heterocycles. The first-order valence-corrected chi connectivity index (χ1v) is 8.37. The number of para-hydroxylation sites is 1. The van der Waals surface area contributed by atoms with Crippen molar-refractivity contribution in [3.05, 3.63) is 54.1 Å². The lowest BCUT2D eigenvalue weighted by molar-refractivity contribution is -0.122. The molecule has 0 bridgehead atoms. The Morgan fingerprint density at radius 1 is 1.26 bits per heavy atom. The van der Waals surface area contributed by atoms with Gasteiger partial charge in [-0.1, -0.05) is 42.5 Å². The van der Waals surface area contributed by atoms with Crippen LogP contribution in [0.4, 0.5) is 5.13 Å². The van der Waals surface area contributed by atoms with Gasteiger partial charge in [0.25, 0.3) is 5.91 Å². The number of aromatic nitrogens is 1. The molecule has 1 atom stereocenters. The third-order valence-corrected chi connectivity index (χ3v) is 4.39. The molecule has 5 heteroatoms. The van der Waals surface area contributed by atoms with Crippen molar-refractivity contribution in [1.82, 2.24) is 4.98 Å². The number of nitrogens with one attached hydrogen (secondary N) is 1. The molecule has 118 valence electrons. The summed E-state index contributed by atoms with van der Waals surface area (Å²) in [6.07, 6.45) is 0.0521. The second-order valence-electron chi connectivity index (χ2n) is 5.31. The maximum Gasteiger partial charge on any atom is 0.267 e. The molecular formula is C18H18N2O2S. The number of carbonyl (C=O) groups excluding carboxylic acids is 1. The summed E-state index contributed by atoms with van der Waals surface area (Å²) in [6.45, 7) is 3.97. The van der Waals surface area contributed by atoms with Crippen molar-refractivity contribution in [2.75, 3.05) is 5.32 Å². The van der Waals surface area contributed by atoms with E-state index in [4.69, 9.17) is 4.74 Å². The van der Waals surface area contributed by atoms with Gasteiger partial charge < -0.3 is 4.74 Å². The topological polar surface area (TPSA) is 51.2 Å². The quantitative estimate of drug-likeness (QED) is 0.756. The smallest absolute Gasteiger partial charge is 0.267 e. The van der Waals surface area contributed by atoms with E-state index in [-0.39, 0.29) is 5.91 Å². The normalized spacial score (nSPS) is 12.1. The van der Waals surface area contributed by atoms with Crippen molar-refractivity contribution < 1.29 is 9.53 Å². The summed E-state index contributed by atoms with van der Waals surface area (Å²) >= 11 is 1.48. The molecule has 0 unspecified atom stereocenters. The number of hydrogen-bond acceptors (Lipinski definition) is 4. The van der Waals surface area contributed by atoms with Crippen LogP contribution in [0, 0.1) is 6.92 Å². The fourth-order valence-electron chi connectivity index (χ4n) is 2.26. The van der Waals surface area contributed by atoms with Gasteiger partial charge in [-0.3, -0.25) is 10.1 Å². The predicted molar refractivity (Wildman–Crippen MR) is 94.1 cm³/mol. The second-order valence-corrected chi connectivity index (χ2v) is 6.34. The maximum absolute atomic E-state index is 12.4. The maximum atomic E-state index is 12.4. The molecule has 4 nitrogen and oxygen atoms in total. The summed E-state index contributed by atoms with van der Waals surface area (Å²) in [5.41, 5.74) is 2.07. The average Bonchev–Trinajstić information content (AvgIpc) is 2.94. The fraction of sp³-hybridized carbons (Fsp3) is 0.222. The Balaban J connectivity index is 1.73. The lowest BCUT2D eigenvalue weighted by Crippen LogP contribution is -2.32. The van der Waals surface area contributed by atoms with Crippen LogP contribution in [0.15, 0.2) is 48.5 Å². The summed E-state index contributed by atoms with van der Waals surface area (Å²) in [7, 11) is 0. The third-order valence-electron chi connectivity index (χ3n) is 3.46. The van der Waals surface area contributed by atoms with E-state index in [0.29, 0.717) is 17.3 Å². The Kier molecular flexibility index (Phi) is 4.57. The van der Waals surface area contributed by atoms with Crippen LogP contribution >= 0.6 is 11.3 Å². The van der Waals surface area contributed by atoms with E-state index < -0.39 is 6.10 Å². The number of amides is 1. The zero-order valence-electron chi connectivity index (χ0n) is 13.1. The minimum absolute atomic E-state index is 0.174. The summed E-state index contributed by atoms with van der Waals surface area (Å²) in [5, 5.41) is 3.47. The second kappa shape index (κ2) is 6.79. The number of ether oxygens (including phenoxy) is 1. The molecule has 0 saturated carbocycles. The molecule has 0 aliphatic rings. The third kappa shape index (κ3) is 3.68. The molecule has 1 aromatic heterocycles. The highest BCUT2D eigenvalue weighted by Crippen LogP contribution is 2.27. The van der Waals surface area contributed by atoms with E-state index in [2.05, 4.69) is 16.4 Å². The molecule has 23 heavy (non-hydrogen) atoms. The van der Waals surface area contributed by atoms with Gasteiger partial charge in [0.15, 0.2) is 11.2 Å². The van der Waals surface area contributed by atoms with Crippen molar-refractivity contribution in [2.45, 2.75) is 26.4 Å². The molecule has 2 aromatic carbocycles. The van der Waals surface area contributed by atoms with Gasteiger partial charge in [0, 0.05) is 0 Å². The highest BCUT2D eigenvalue weighted by Gasteiger charge is 2.19. The molecule has 3 aromatic rings. The minimum atomic E-state index is -0.536. The number of rotatable bonds is 5. The molecule has 0 radical (unpaired) electrons. The SMILES string of the molecule is CC[C@@H](Oc1ccccc1)C(=O)Nc1nc2ccc(C)cc2s1. The largest absolute Gasteiger partial charge is 0.481 e. The summed E-state index contributed by atoms with van der Waals surface area (Å²) < 4.78 is 6.82. The van der Waals surface area contributed by atoms with Crippen LogP contribution in [-0.2, 0) is 4.79 Å². The Bertz CT molecular complexity index is 814. The number of benzene rings is 2.